The van der Waals surface area contributed by atoms with E-state index in [1.54, 1.807) is 4.90 Å². The van der Waals surface area contributed by atoms with Gasteiger partial charge in [0, 0.05) is 19.5 Å². The molecule has 0 aromatic heterocycles. The van der Waals surface area contributed by atoms with Gasteiger partial charge in [-0.15, -0.1) is 0 Å². The summed E-state index contributed by atoms with van der Waals surface area (Å²) in [6, 6.07) is -0.432. The number of amides is 4. The molecule has 0 aromatic rings. The van der Waals surface area contributed by atoms with Gasteiger partial charge in [0.05, 0.1) is 12.1 Å². The molecule has 4 amide bonds. The maximum atomic E-state index is 12.3. The lowest BCUT2D eigenvalue weighted by Gasteiger charge is -2.26. The zero-order chi connectivity index (χ0) is 15.4. The van der Waals surface area contributed by atoms with E-state index in [4.69, 9.17) is 0 Å². The van der Waals surface area contributed by atoms with Crippen molar-refractivity contribution < 1.29 is 19.5 Å². The second-order valence-electron chi connectivity index (χ2n) is 6.56. The molecule has 1 N–H and O–H groups in total. The second kappa shape index (κ2) is 4.69. The van der Waals surface area contributed by atoms with E-state index in [0.29, 0.717) is 13.1 Å². The fourth-order valence-electron chi connectivity index (χ4n) is 3.38. The lowest BCUT2D eigenvalue weighted by atomic mass is 9.88. The van der Waals surface area contributed by atoms with Crippen molar-refractivity contribution in [1.29, 1.82) is 0 Å². The summed E-state index contributed by atoms with van der Waals surface area (Å²) in [6.07, 6.45) is 2.02. The number of rotatable bonds is 3. The summed E-state index contributed by atoms with van der Waals surface area (Å²) < 4.78 is 0. The molecule has 2 atom stereocenters. The standard InChI is InChI=1S/C14H21N3O4/c1-9-5-16(8-14(9,21)10-3-4-10)11(18)7-17-12(19)6-15(2)13(17)20/h9-10,21H,3-8H2,1-2H3/t9-,14+/m1/s1. The number of hydrogen-bond donors (Lipinski definition) is 1. The van der Waals surface area contributed by atoms with E-state index in [1.807, 2.05) is 6.92 Å². The van der Waals surface area contributed by atoms with E-state index >= 15 is 0 Å². The van der Waals surface area contributed by atoms with Crippen LogP contribution in [0.25, 0.3) is 0 Å². The lowest BCUT2D eigenvalue weighted by Crippen LogP contribution is -2.44. The van der Waals surface area contributed by atoms with Crippen molar-refractivity contribution in [2.75, 3.05) is 33.2 Å². The quantitative estimate of drug-likeness (QED) is 0.712. The average molecular weight is 295 g/mol. The molecule has 0 radical (unpaired) electrons. The van der Waals surface area contributed by atoms with Gasteiger partial charge in [0.15, 0.2) is 0 Å². The third-order valence-corrected chi connectivity index (χ3v) is 4.95. The first kappa shape index (κ1) is 14.3. The molecule has 1 saturated carbocycles. The van der Waals surface area contributed by atoms with Gasteiger partial charge < -0.3 is 14.9 Å². The number of nitrogens with zero attached hydrogens (tertiary/aromatic N) is 3. The maximum Gasteiger partial charge on any atom is 0.327 e. The Hall–Kier alpha value is -1.63. The number of β-amino-alcohol motifs (C(OH)–C–C–N with tert-alkyl or cyclic N) is 1. The highest BCUT2D eigenvalue weighted by atomic mass is 16.3. The van der Waals surface area contributed by atoms with Crippen LogP contribution in [0.15, 0.2) is 0 Å². The average Bonchev–Trinajstić information content (AvgIpc) is 3.19. The predicted octanol–water partition coefficient (Wildman–Crippen LogP) is -0.500. The van der Waals surface area contributed by atoms with Gasteiger partial charge >= 0.3 is 6.03 Å². The number of urea groups is 1. The minimum Gasteiger partial charge on any atom is -0.387 e. The van der Waals surface area contributed by atoms with E-state index < -0.39 is 11.6 Å². The van der Waals surface area contributed by atoms with Crippen LogP contribution < -0.4 is 0 Å². The number of likely N-dealkylation sites (tertiary alicyclic amines) is 1. The highest BCUT2D eigenvalue weighted by Crippen LogP contribution is 2.47. The molecule has 2 heterocycles. The van der Waals surface area contributed by atoms with E-state index in [1.165, 1.54) is 11.9 Å². The molecule has 7 nitrogen and oxygen atoms in total. The van der Waals surface area contributed by atoms with Crippen LogP contribution in [0.2, 0.25) is 0 Å². The van der Waals surface area contributed by atoms with Crippen LogP contribution >= 0.6 is 0 Å². The molecule has 0 spiro atoms. The number of carbonyl (C=O) groups excluding carboxylic acids is 3. The van der Waals surface area contributed by atoms with Crippen LogP contribution in [0.3, 0.4) is 0 Å². The van der Waals surface area contributed by atoms with E-state index in [9.17, 15) is 19.5 Å². The molecule has 116 valence electrons. The highest BCUT2D eigenvalue weighted by Gasteiger charge is 2.53. The molecular weight excluding hydrogens is 274 g/mol. The van der Waals surface area contributed by atoms with Crippen molar-refractivity contribution >= 4 is 17.8 Å². The third-order valence-electron chi connectivity index (χ3n) is 4.95. The summed E-state index contributed by atoms with van der Waals surface area (Å²) >= 11 is 0. The number of imide groups is 1. The first-order valence-electron chi connectivity index (χ1n) is 7.38. The molecule has 3 aliphatic rings. The van der Waals surface area contributed by atoms with Gasteiger partial charge in [0.1, 0.15) is 13.1 Å². The minimum atomic E-state index is -0.800. The number of aliphatic hydroxyl groups is 1. The van der Waals surface area contributed by atoms with Crippen molar-refractivity contribution in [2.24, 2.45) is 11.8 Å². The molecule has 2 saturated heterocycles. The van der Waals surface area contributed by atoms with Crippen molar-refractivity contribution in [2.45, 2.75) is 25.4 Å². The predicted molar refractivity (Wildman–Crippen MR) is 73.2 cm³/mol. The van der Waals surface area contributed by atoms with Gasteiger partial charge in [0.2, 0.25) is 5.91 Å². The van der Waals surface area contributed by atoms with Gasteiger partial charge in [-0.1, -0.05) is 6.92 Å². The van der Waals surface area contributed by atoms with Crippen molar-refractivity contribution in [3.63, 3.8) is 0 Å². The van der Waals surface area contributed by atoms with E-state index in [-0.39, 0.29) is 36.7 Å². The molecule has 0 aromatic carbocycles. The monoisotopic (exact) mass is 295 g/mol. The largest absolute Gasteiger partial charge is 0.387 e. The molecule has 0 bridgehead atoms. The van der Waals surface area contributed by atoms with Crippen molar-refractivity contribution in [1.82, 2.24) is 14.7 Å². The second-order valence-corrected chi connectivity index (χ2v) is 6.56. The molecule has 3 rings (SSSR count). The first-order valence-corrected chi connectivity index (χ1v) is 7.38. The minimum absolute atomic E-state index is 0.0223. The number of carbonyl (C=O) groups is 3. The van der Waals surface area contributed by atoms with Crippen LogP contribution in [-0.2, 0) is 9.59 Å². The van der Waals surface area contributed by atoms with Crippen LogP contribution in [0.4, 0.5) is 4.79 Å². The van der Waals surface area contributed by atoms with Crippen molar-refractivity contribution in [3.05, 3.63) is 0 Å². The summed E-state index contributed by atoms with van der Waals surface area (Å²) in [5.74, 6) is -0.302. The summed E-state index contributed by atoms with van der Waals surface area (Å²) in [7, 11) is 1.54. The summed E-state index contributed by atoms with van der Waals surface area (Å²) in [6.45, 7) is 2.54. The Labute approximate surface area is 123 Å². The van der Waals surface area contributed by atoms with Crippen LogP contribution in [0.5, 0.6) is 0 Å². The Morgan fingerprint density at radius 3 is 2.57 bits per heavy atom. The van der Waals surface area contributed by atoms with Crippen LogP contribution in [0, 0.1) is 11.8 Å². The Morgan fingerprint density at radius 2 is 2.05 bits per heavy atom. The Kier molecular flexibility index (Phi) is 3.20. The fourth-order valence-corrected chi connectivity index (χ4v) is 3.38. The Morgan fingerprint density at radius 1 is 1.38 bits per heavy atom. The van der Waals surface area contributed by atoms with Crippen LogP contribution in [0.1, 0.15) is 19.8 Å². The number of likely N-dealkylation sites (N-methyl/N-ethyl adjacent to an activating group) is 1. The van der Waals surface area contributed by atoms with Gasteiger partial charge in [-0.05, 0) is 18.8 Å². The molecular formula is C14H21N3O4. The normalized spacial score (nSPS) is 33.3. The SMILES string of the molecule is C[C@@H]1CN(C(=O)CN2C(=O)CN(C)C2=O)C[C@@]1(O)C1CC1. The summed E-state index contributed by atoms with van der Waals surface area (Å²) in [5, 5.41) is 10.7. The Balaban J connectivity index is 1.64. The fraction of sp³-hybridized carbons (Fsp3) is 0.786. The van der Waals surface area contributed by atoms with E-state index in [0.717, 1.165) is 17.7 Å². The summed E-state index contributed by atoms with van der Waals surface area (Å²) in [4.78, 5) is 39.7. The first-order chi connectivity index (χ1) is 9.83. The molecule has 7 heteroatoms. The molecule has 2 aliphatic heterocycles. The lowest BCUT2D eigenvalue weighted by molar-refractivity contribution is -0.136. The van der Waals surface area contributed by atoms with Gasteiger partial charge in [-0.2, -0.15) is 0 Å². The molecule has 0 unspecified atom stereocenters. The van der Waals surface area contributed by atoms with Crippen molar-refractivity contribution in [3.8, 4) is 0 Å². The zero-order valence-corrected chi connectivity index (χ0v) is 12.4. The van der Waals surface area contributed by atoms with Crippen LogP contribution in [-0.4, -0.2) is 76.5 Å². The Bertz CT molecular complexity index is 504. The van der Waals surface area contributed by atoms with Gasteiger partial charge in [-0.25, -0.2) is 4.79 Å². The van der Waals surface area contributed by atoms with E-state index in [2.05, 4.69) is 0 Å². The summed E-state index contributed by atoms with van der Waals surface area (Å²) in [5.41, 5.74) is -0.800. The topological polar surface area (TPSA) is 81.2 Å². The third kappa shape index (κ3) is 2.29. The molecule has 3 fully saturated rings. The molecule has 1 aliphatic carbocycles. The van der Waals surface area contributed by atoms with Gasteiger partial charge in [0.25, 0.3) is 5.91 Å². The highest BCUT2D eigenvalue weighted by molar-refractivity contribution is 6.04. The van der Waals surface area contributed by atoms with Gasteiger partial charge in [-0.3, -0.25) is 14.5 Å². The molecule has 21 heavy (non-hydrogen) atoms. The maximum absolute atomic E-state index is 12.3. The zero-order valence-electron chi connectivity index (χ0n) is 12.4. The smallest absolute Gasteiger partial charge is 0.327 e. The number of hydrogen-bond acceptors (Lipinski definition) is 4.